The summed E-state index contributed by atoms with van der Waals surface area (Å²) in [5.74, 6) is 1.47. The maximum atomic E-state index is 5.99. The number of nitrogens with zero attached hydrogens (tertiary/aromatic N) is 1. The molecule has 1 radical (unpaired) electrons. The largest absolute Gasteiger partial charge is 0.439 e. The van der Waals surface area contributed by atoms with Gasteiger partial charge in [0.2, 0.25) is 5.88 Å². The van der Waals surface area contributed by atoms with Crippen molar-refractivity contribution in [2.75, 3.05) is 0 Å². The Morgan fingerprint density at radius 3 is 2.38 bits per heavy atom. The van der Waals surface area contributed by atoms with Crippen LogP contribution in [0.4, 0.5) is 0 Å². The van der Waals surface area contributed by atoms with Gasteiger partial charge < -0.3 is 4.74 Å². The summed E-state index contributed by atoms with van der Waals surface area (Å²) in [4.78, 5) is 4.50. The Balaban J connectivity index is 1.95. The lowest BCUT2D eigenvalue weighted by atomic mass is 10.1. The van der Waals surface area contributed by atoms with Gasteiger partial charge in [0.1, 0.15) is 5.75 Å². The molecule has 0 amide bonds. The SMILES string of the molecule is [CH2]c1cc([SiH2]c2cccc(C)c2C)c(C)c(Oc2ccccc2)n1. The Morgan fingerprint density at radius 2 is 1.62 bits per heavy atom. The maximum Gasteiger partial charge on any atom is 0.222 e. The first-order chi connectivity index (χ1) is 11.5. The fraction of sp³-hybridized carbons (Fsp3) is 0.143. The molecule has 0 bridgehead atoms. The van der Waals surface area contributed by atoms with Gasteiger partial charge in [0.25, 0.3) is 0 Å². The second-order valence-corrected chi connectivity index (χ2v) is 8.03. The molecule has 3 aromatic rings. The predicted molar refractivity (Wildman–Crippen MR) is 104 cm³/mol. The van der Waals surface area contributed by atoms with Crippen LogP contribution in [-0.2, 0) is 0 Å². The van der Waals surface area contributed by atoms with Crippen LogP contribution < -0.4 is 15.1 Å². The van der Waals surface area contributed by atoms with E-state index >= 15 is 0 Å². The van der Waals surface area contributed by atoms with Gasteiger partial charge in [-0.05, 0) is 57.0 Å². The van der Waals surface area contributed by atoms with Gasteiger partial charge in [0, 0.05) is 11.3 Å². The number of hydrogen-bond acceptors (Lipinski definition) is 2. The maximum absolute atomic E-state index is 5.99. The first kappa shape index (κ1) is 16.5. The minimum Gasteiger partial charge on any atom is -0.439 e. The quantitative estimate of drug-likeness (QED) is 0.685. The standard InChI is InChI=1S/C21H22NOSi/c1-14-9-8-12-19(16(14)3)24-20-13-15(2)22-21(17(20)4)23-18-10-6-5-7-11-18/h5-13H,2,24H2,1,3-4H3. The van der Waals surface area contributed by atoms with Crippen molar-refractivity contribution in [3.63, 3.8) is 0 Å². The number of benzene rings is 2. The molecule has 0 unspecified atom stereocenters. The monoisotopic (exact) mass is 332 g/mol. The zero-order chi connectivity index (χ0) is 17.1. The van der Waals surface area contributed by atoms with Gasteiger partial charge in [0.15, 0.2) is 0 Å². The number of aryl methyl sites for hydroxylation is 1. The number of para-hydroxylation sites is 1. The molecule has 0 aliphatic rings. The normalized spacial score (nSPS) is 11.2. The lowest BCUT2D eigenvalue weighted by Gasteiger charge is -2.14. The van der Waals surface area contributed by atoms with Crippen LogP contribution in [0, 0.1) is 27.7 Å². The van der Waals surface area contributed by atoms with Gasteiger partial charge in [0.05, 0.1) is 9.52 Å². The first-order valence-corrected chi connectivity index (χ1v) is 9.56. The fourth-order valence-corrected chi connectivity index (χ4v) is 4.75. The fourth-order valence-electron chi connectivity index (χ4n) is 2.78. The summed E-state index contributed by atoms with van der Waals surface area (Å²) >= 11 is 0. The second-order valence-electron chi connectivity index (χ2n) is 6.15. The molecular weight excluding hydrogens is 310 g/mol. The van der Waals surface area contributed by atoms with Gasteiger partial charge in [-0.1, -0.05) is 46.8 Å². The van der Waals surface area contributed by atoms with E-state index in [0.717, 1.165) is 17.0 Å². The Hall–Kier alpha value is -2.39. The van der Waals surface area contributed by atoms with E-state index in [4.69, 9.17) is 4.74 Å². The van der Waals surface area contributed by atoms with Crippen molar-refractivity contribution < 1.29 is 4.74 Å². The molecule has 0 atom stereocenters. The minimum atomic E-state index is -0.605. The number of rotatable bonds is 4. The summed E-state index contributed by atoms with van der Waals surface area (Å²) in [7, 11) is -0.605. The van der Waals surface area contributed by atoms with Crippen LogP contribution in [0.25, 0.3) is 0 Å². The molecule has 0 saturated carbocycles. The van der Waals surface area contributed by atoms with Crippen LogP contribution in [0.1, 0.15) is 22.4 Å². The molecule has 0 spiro atoms. The van der Waals surface area contributed by atoms with Crippen LogP contribution in [0.15, 0.2) is 54.6 Å². The van der Waals surface area contributed by atoms with Gasteiger partial charge in [-0.2, -0.15) is 0 Å². The third-order valence-corrected chi connectivity index (χ3v) is 6.71. The summed E-state index contributed by atoms with van der Waals surface area (Å²) in [6.07, 6.45) is 0. The van der Waals surface area contributed by atoms with E-state index in [1.54, 1.807) is 0 Å². The topological polar surface area (TPSA) is 22.1 Å². The molecule has 0 N–H and O–H groups in total. The van der Waals surface area contributed by atoms with Crippen LogP contribution >= 0.6 is 0 Å². The highest BCUT2D eigenvalue weighted by atomic mass is 28.2. The molecule has 0 saturated heterocycles. The molecule has 2 nitrogen and oxygen atoms in total. The van der Waals surface area contributed by atoms with E-state index in [1.165, 1.54) is 21.5 Å². The van der Waals surface area contributed by atoms with Crippen LogP contribution in [-0.4, -0.2) is 14.5 Å². The van der Waals surface area contributed by atoms with Gasteiger partial charge >= 0.3 is 0 Å². The molecule has 1 aromatic heterocycles. The van der Waals surface area contributed by atoms with Gasteiger partial charge in [-0.3, -0.25) is 0 Å². The summed E-state index contributed by atoms with van der Waals surface area (Å²) in [6.45, 7) is 10.5. The Kier molecular flexibility index (Phi) is 4.81. The number of pyridine rings is 1. The summed E-state index contributed by atoms with van der Waals surface area (Å²) in [6, 6.07) is 18.5. The molecular formula is C21H22NOSi. The van der Waals surface area contributed by atoms with E-state index < -0.39 is 9.52 Å². The van der Waals surface area contributed by atoms with E-state index in [0.29, 0.717) is 5.88 Å². The van der Waals surface area contributed by atoms with Crippen molar-refractivity contribution in [2.45, 2.75) is 20.8 Å². The molecule has 1 heterocycles. The van der Waals surface area contributed by atoms with Crippen molar-refractivity contribution in [3.8, 4) is 11.6 Å². The lowest BCUT2D eigenvalue weighted by Crippen LogP contribution is -2.32. The van der Waals surface area contributed by atoms with Crippen molar-refractivity contribution in [1.82, 2.24) is 4.98 Å². The molecule has 121 valence electrons. The Bertz CT molecular complexity index is 859. The van der Waals surface area contributed by atoms with Gasteiger partial charge in [-0.15, -0.1) is 0 Å². The van der Waals surface area contributed by atoms with E-state index in [9.17, 15) is 0 Å². The smallest absolute Gasteiger partial charge is 0.222 e. The highest BCUT2D eigenvalue weighted by Gasteiger charge is 2.12. The Morgan fingerprint density at radius 1 is 0.875 bits per heavy atom. The second kappa shape index (κ2) is 7.01. The molecule has 0 fully saturated rings. The lowest BCUT2D eigenvalue weighted by molar-refractivity contribution is 0.459. The molecule has 3 rings (SSSR count). The Labute approximate surface area is 146 Å². The summed E-state index contributed by atoms with van der Waals surface area (Å²) in [5.41, 5.74) is 4.64. The summed E-state index contributed by atoms with van der Waals surface area (Å²) in [5, 5.41) is 2.81. The summed E-state index contributed by atoms with van der Waals surface area (Å²) < 4.78 is 5.99. The van der Waals surface area contributed by atoms with E-state index in [-0.39, 0.29) is 0 Å². The number of hydrogen-bond donors (Lipinski definition) is 0. The average molecular weight is 332 g/mol. The van der Waals surface area contributed by atoms with Crippen molar-refractivity contribution in [3.05, 3.63) is 83.9 Å². The zero-order valence-electron chi connectivity index (χ0n) is 14.5. The zero-order valence-corrected chi connectivity index (χ0v) is 15.9. The third kappa shape index (κ3) is 3.57. The third-order valence-electron chi connectivity index (χ3n) is 4.44. The highest BCUT2D eigenvalue weighted by molar-refractivity contribution is 6.68. The number of ether oxygens (including phenoxy) is 1. The van der Waals surface area contributed by atoms with E-state index in [2.05, 4.69) is 56.9 Å². The van der Waals surface area contributed by atoms with Crippen molar-refractivity contribution in [1.29, 1.82) is 0 Å². The molecule has 2 aromatic carbocycles. The minimum absolute atomic E-state index is 0.605. The van der Waals surface area contributed by atoms with Crippen molar-refractivity contribution >= 4 is 19.9 Å². The van der Waals surface area contributed by atoms with Crippen LogP contribution in [0.3, 0.4) is 0 Å². The predicted octanol–water partition coefficient (Wildman–Crippen LogP) is 3.10. The van der Waals surface area contributed by atoms with Crippen molar-refractivity contribution in [2.24, 2.45) is 0 Å². The van der Waals surface area contributed by atoms with E-state index in [1.807, 2.05) is 30.3 Å². The number of aromatic nitrogens is 1. The molecule has 24 heavy (non-hydrogen) atoms. The highest BCUT2D eigenvalue weighted by Crippen LogP contribution is 2.21. The molecule has 0 aliphatic heterocycles. The molecule has 0 aliphatic carbocycles. The average Bonchev–Trinajstić information content (AvgIpc) is 2.57. The first-order valence-electron chi connectivity index (χ1n) is 8.15. The van der Waals surface area contributed by atoms with Gasteiger partial charge in [-0.25, -0.2) is 4.98 Å². The van der Waals surface area contributed by atoms with Crippen LogP contribution in [0.2, 0.25) is 0 Å². The van der Waals surface area contributed by atoms with Crippen LogP contribution in [0.5, 0.6) is 11.6 Å². The molecule has 3 heteroatoms.